The summed E-state index contributed by atoms with van der Waals surface area (Å²) in [7, 11) is 0. The molecule has 13 atom stereocenters. The van der Waals surface area contributed by atoms with Gasteiger partial charge in [0.1, 0.15) is 36.8 Å². The summed E-state index contributed by atoms with van der Waals surface area (Å²) in [5.74, 6) is 0.746. The molecule has 6 aliphatic rings. The number of nitrogens with two attached hydrogens (primary N) is 1. The average Bonchev–Trinajstić information content (AvgIpc) is 4.07. The number of nitrogens with zero attached hydrogens (tertiary/aromatic N) is 1. The van der Waals surface area contributed by atoms with E-state index >= 15 is 0 Å². The van der Waals surface area contributed by atoms with E-state index in [1.54, 1.807) is 0 Å². The van der Waals surface area contributed by atoms with Crippen LogP contribution >= 0.6 is 0 Å². The fourth-order valence-electron chi connectivity index (χ4n) is 13.6. The molecule has 2 aliphatic heterocycles. The fourth-order valence-corrected chi connectivity index (χ4v) is 13.6. The number of carbonyl (C=O) groups excluding carboxylic acids is 7. The van der Waals surface area contributed by atoms with Crippen LogP contribution in [-0.2, 0) is 38.3 Å². The van der Waals surface area contributed by atoms with Gasteiger partial charge in [0.15, 0.2) is 0 Å². The lowest BCUT2D eigenvalue weighted by Crippen LogP contribution is -2.58. The maximum absolute atomic E-state index is 14.2. The van der Waals surface area contributed by atoms with E-state index in [-0.39, 0.29) is 55.7 Å². The normalized spacial score (nSPS) is 31.9. The molecule has 0 radical (unpaired) electrons. The van der Waals surface area contributed by atoms with Crippen LogP contribution in [0.15, 0.2) is 11.6 Å². The molecule has 4 aliphatic carbocycles. The van der Waals surface area contributed by atoms with Crippen LogP contribution in [0.3, 0.4) is 0 Å². The molecule has 0 bridgehead atoms. The zero-order chi connectivity index (χ0) is 48.8. The third-order valence-corrected chi connectivity index (χ3v) is 17.3. The molecule has 2 heterocycles. The molecule has 15 heteroatoms. The lowest BCUT2D eigenvalue weighted by Gasteiger charge is -2.58. The van der Waals surface area contributed by atoms with Gasteiger partial charge in [0.25, 0.3) is 0 Å². The minimum Gasteiger partial charge on any atom is -0.461 e. The van der Waals surface area contributed by atoms with Gasteiger partial charge in [-0.3, -0.25) is 33.6 Å². The predicted molar refractivity (Wildman–Crippen MR) is 256 cm³/mol. The number of hydrogen-bond acceptors (Lipinski definition) is 9. The van der Waals surface area contributed by atoms with Gasteiger partial charge in [-0.1, -0.05) is 73.0 Å². The molecule has 15 nitrogen and oxygen atoms in total. The summed E-state index contributed by atoms with van der Waals surface area (Å²) < 4.78 is 6.04. The van der Waals surface area contributed by atoms with Crippen molar-refractivity contribution in [3.8, 4) is 0 Å². The Morgan fingerprint density at radius 1 is 0.806 bits per heavy atom. The minimum absolute atomic E-state index is 0.0350. The Bertz CT molecular complexity index is 1850. The highest BCUT2D eigenvalue weighted by Crippen LogP contribution is 2.67. The van der Waals surface area contributed by atoms with Gasteiger partial charge in [0.05, 0.1) is 6.04 Å². The number of primary amides is 1. The largest absolute Gasteiger partial charge is 0.461 e. The molecule has 5 fully saturated rings. The number of rotatable bonds is 20. The summed E-state index contributed by atoms with van der Waals surface area (Å²) in [5.41, 5.74) is 7.39. The van der Waals surface area contributed by atoms with Gasteiger partial charge in [-0.15, -0.1) is 0 Å². The molecule has 6 rings (SSSR count). The molecule has 0 aromatic carbocycles. The van der Waals surface area contributed by atoms with Crippen molar-refractivity contribution >= 4 is 41.4 Å². The molecule has 2 saturated heterocycles. The van der Waals surface area contributed by atoms with Crippen LogP contribution < -0.4 is 32.3 Å². The maximum atomic E-state index is 14.2. The summed E-state index contributed by atoms with van der Waals surface area (Å²) in [6.07, 6.45) is 16.2. The first-order valence-corrected chi connectivity index (χ1v) is 26.1. The maximum Gasteiger partial charge on any atom is 0.325 e. The van der Waals surface area contributed by atoms with Crippen molar-refractivity contribution in [3.63, 3.8) is 0 Å². The highest BCUT2D eigenvalue weighted by Gasteiger charge is 2.59. The predicted octanol–water partition coefficient (Wildman–Crippen LogP) is 5.19. The van der Waals surface area contributed by atoms with E-state index in [1.807, 2.05) is 13.8 Å². The van der Waals surface area contributed by atoms with E-state index < -0.39 is 65.7 Å². The Hall–Kier alpha value is -4.01. The highest BCUT2D eigenvalue weighted by molar-refractivity contribution is 5.96. The topological polar surface area (TPSA) is 218 Å². The van der Waals surface area contributed by atoms with E-state index in [9.17, 15) is 33.6 Å². The zero-order valence-electron chi connectivity index (χ0n) is 42.0. The molecule has 0 unspecified atom stereocenters. The molecule has 7 N–H and O–H groups in total. The van der Waals surface area contributed by atoms with Crippen molar-refractivity contribution in [2.75, 3.05) is 19.6 Å². The van der Waals surface area contributed by atoms with Gasteiger partial charge in [0.2, 0.25) is 35.4 Å². The molecule has 376 valence electrons. The second-order valence-electron chi connectivity index (χ2n) is 22.8. The summed E-state index contributed by atoms with van der Waals surface area (Å²) in [5, 5.41) is 13.9. The molecular weight excluding hydrogens is 851 g/mol. The van der Waals surface area contributed by atoms with E-state index in [0.29, 0.717) is 37.1 Å². The smallest absolute Gasteiger partial charge is 0.325 e. The number of carbonyl (C=O) groups is 7. The quantitative estimate of drug-likeness (QED) is 0.0698. The van der Waals surface area contributed by atoms with Crippen LogP contribution in [0, 0.1) is 52.3 Å². The van der Waals surface area contributed by atoms with Crippen molar-refractivity contribution < 1.29 is 38.3 Å². The lowest BCUT2D eigenvalue weighted by atomic mass is 9.47. The van der Waals surface area contributed by atoms with Crippen LogP contribution in [0.2, 0.25) is 0 Å². The van der Waals surface area contributed by atoms with Crippen molar-refractivity contribution in [2.45, 2.75) is 201 Å². The Kier molecular flexibility index (Phi) is 17.7. The minimum atomic E-state index is -1.23. The van der Waals surface area contributed by atoms with Crippen LogP contribution in [-0.4, -0.2) is 102 Å². The summed E-state index contributed by atoms with van der Waals surface area (Å²) in [4.78, 5) is 94.1. The SMILES string of the molecule is CC(C)CC[C@@H](C)[C@H]1CC[C@H]2[C@@H]3CC=C4C[C@H](OC(=O)CNC(=O)[C@@H]5CCCN5C(=O)[C@H](CC(C)C)NC(=O)[C@H](CCC(N)=O)NC(=O)[C@H](C)NC(=O)[C@@H]5CCCN5)CC[C@]4(C)[C@H]3CC[C@]12C. The number of likely N-dealkylation sites (tertiary alicyclic amines) is 1. The number of esters is 1. The van der Waals surface area contributed by atoms with Crippen LogP contribution in [0.1, 0.15) is 165 Å². The number of fused-ring (bicyclic) bond motifs is 5. The number of allylic oxidation sites excluding steroid dienone is 1. The Balaban J connectivity index is 1.01. The first-order valence-electron chi connectivity index (χ1n) is 26.1. The first-order chi connectivity index (χ1) is 31.7. The van der Waals surface area contributed by atoms with Crippen molar-refractivity contribution in [1.82, 2.24) is 31.5 Å². The second-order valence-corrected chi connectivity index (χ2v) is 22.8. The van der Waals surface area contributed by atoms with E-state index in [0.717, 1.165) is 61.7 Å². The third-order valence-electron chi connectivity index (χ3n) is 17.3. The van der Waals surface area contributed by atoms with Crippen LogP contribution in [0.4, 0.5) is 0 Å². The molecule has 0 aromatic rings. The molecule has 3 saturated carbocycles. The van der Waals surface area contributed by atoms with Crippen LogP contribution in [0.5, 0.6) is 0 Å². The van der Waals surface area contributed by atoms with Crippen LogP contribution in [0.25, 0.3) is 0 Å². The van der Waals surface area contributed by atoms with Gasteiger partial charge in [-0.05, 0) is 149 Å². The molecular formula is C52H85N7O8. The Morgan fingerprint density at radius 3 is 2.24 bits per heavy atom. The molecule has 6 amide bonds. The lowest BCUT2D eigenvalue weighted by molar-refractivity contribution is -0.152. The van der Waals surface area contributed by atoms with Crippen molar-refractivity contribution in [2.24, 2.45) is 58.0 Å². The summed E-state index contributed by atoms with van der Waals surface area (Å²) >= 11 is 0. The molecule has 67 heavy (non-hydrogen) atoms. The fraction of sp³-hybridized carbons (Fsp3) is 0.827. The van der Waals surface area contributed by atoms with Gasteiger partial charge in [-0.2, -0.15) is 0 Å². The molecule has 0 aromatic heterocycles. The Labute approximate surface area is 400 Å². The summed E-state index contributed by atoms with van der Waals surface area (Å²) in [6, 6.07) is -4.49. The molecule has 0 spiro atoms. The van der Waals surface area contributed by atoms with Gasteiger partial charge >= 0.3 is 5.97 Å². The standard InChI is InChI=1S/C52H85N7O8/c1-30(2)13-14-32(5)37-17-18-38-36-16-15-34-28-35(21-23-51(34,7)39(36)22-24-52(37,38)8)67-45(61)29-55-49(65)43-12-10-26-59(43)50(66)42(27-31(3)4)58-48(64)41(19-20-44(53)60)57-46(62)33(6)56-47(63)40-11-9-25-54-40/h15,30-33,35-43,54H,9-14,16-29H2,1-8H3,(H2,53,60)(H,55,65)(H,56,63)(H,57,62)(H,58,64)/t32-,33+,35-,36+,37-,38+,39+,40+,41+,42+,43+,51+,52-/m1/s1. The van der Waals surface area contributed by atoms with E-state index in [2.05, 4.69) is 67.3 Å². The van der Waals surface area contributed by atoms with Gasteiger partial charge < -0.3 is 42.0 Å². The summed E-state index contributed by atoms with van der Waals surface area (Å²) in [6.45, 7) is 18.3. The zero-order valence-corrected chi connectivity index (χ0v) is 42.0. The highest BCUT2D eigenvalue weighted by atomic mass is 16.5. The van der Waals surface area contributed by atoms with Gasteiger partial charge in [-0.25, -0.2) is 0 Å². The number of hydrogen-bond donors (Lipinski definition) is 6. The van der Waals surface area contributed by atoms with E-state index in [4.69, 9.17) is 10.5 Å². The van der Waals surface area contributed by atoms with Crippen molar-refractivity contribution in [1.29, 1.82) is 0 Å². The van der Waals surface area contributed by atoms with Crippen molar-refractivity contribution in [3.05, 3.63) is 11.6 Å². The number of ether oxygens (including phenoxy) is 1. The monoisotopic (exact) mass is 936 g/mol. The average molecular weight is 936 g/mol. The van der Waals surface area contributed by atoms with Gasteiger partial charge in [0, 0.05) is 19.4 Å². The number of nitrogens with one attached hydrogen (secondary N) is 5. The number of amides is 6. The Morgan fingerprint density at radius 2 is 1.55 bits per heavy atom. The first kappa shape index (κ1) is 52.4. The third kappa shape index (κ3) is 12.4. The van der Waals surface area contributed by atoms with E-state index in [1.165, 1.54) is 55.9 Å². The second kappa shape index (κ2) is 22.6.